The Labute approximate surface area is 328 Å². The molecule has 0 aliphatic heterocycles. The largest absolute Gasteiger partial charge is 0.310 e. The molecule has 0 fully saturated rings. The summed E-state index contributed by atoms with van der Waals surface area (Å²) in [6.45, 7) is 15.7. The minimum absolute atomic E-state index is 0.0101. The van der Waals surface area contributed by atoms with Gasteiger partial charge in [0.25, 0.3) is 0 Å². The average molecular weight is 745 g/mol. The highest BCUT2D eigenvalue weighted by Gasteiger charge is 2.59. The molecule has 9 rings (SSSR count). The Kier molecular flexibility index (Phi) is 8.45. The van der Waals surface area contributed by atoms with E-state index in [4.69, 9.17) is 0 Å². The van der Waals surface area contributed by atoms with Gasteiger partial charge in [-0.2, -0.15) is 0 Å². The van der Waals surface area contributed by atoms with Crippen LogP contribution in [-0.2, 0) is 4.66 Å². The van der Waals surface area contributed by atoms with Gasteiger partial charge in [0.1, 0.15) is 0 Å². The standard InChI is InChI=1S/C51H48N2Si2/c1-54(2,3)51(55(4,5)6)49-35-39-31-45(52(41-19-11-7-12-20-41)42-21-13-8-14-22-42)29-27-37(39)33-47(49)48-34-38-28-30-46(32-40(38)36-50(48)51)53(43-23-15-9-16-24-43)44-25-17-10-18-26-44/h7-36H,1-6H3. The summed E-state index contributed by atoms with van der Waals surface area (Å²) >= 11 is 0. The Balaban J connectivity index is 1.26. The molecule has 0 bridgehead atoms. The molecule has 1 aliphatic rings. The van der Waals surface area contributed by atoms with Crippen LogP contribution in [0.2, 0.25) is 39.3 Å². The zero-order chi connectivity index (χ0) is 38.0. The highest BCUT2D eigenvalue weighted by molar-refractivity contribution is 6.99. The SMILES string of the molecule is C[Si](C)(C)C1([Si](C)(C)C)c2cc3cc(N(c4ccccc4)c4ccccc4)ccc3cc2-c2cc3ccc(N(c4ccccc4)c4ccccc4)cc3cc21. The van der Waals surface area contributed by atoms with E-state index in [1.807, 2.05) is 0 Å². The quantitative estimate of drug-likeness (QED) is 0.143. The number of hydrogen-bond donors (Lipinski definition) is 0. The molecule has 8 aromatic carbocycles. The van der Waals surface area contributed by atoms with Gasteiger partial charge in [-0.3, -0.25) is 0 Å². The molecule has 8 aromatic rings. The van der Waals surface area contributed by atoms with E-state index in [9.17, 15) is 0 Å². The van der Waals surface area contributed by atoms with E-state index in [0.29, 0.717) is 0 Å². The first-order valence-electron chi connectivity index (χ1n) is 19.5. The van der Waals surface area contributed by atoms with Gasteiger partial charge >= 0.3 is 0 Å². The maximum Gasteiger partial charge on any atom is 0.0579 e. The number of rotatable bonds is 8. The average Bonchev–Trinajstić information content (AvgIpc) is 3.47. The third-order valence-corrected chi connectivity index (χ3v) is 21.9. The summed E-state index contributed by atoms with van der Waals surface area (Å²) in [6.07, 6.45) is 0. The van der Waals surface area contributed by atoms with E-state index >= 15 is 0 Å². The summed E-state index contributed by atoms with van der Waals surface area (Å²) in [5.74, 6) is 0. The Morgan fingerprint density at radius 1 is 0.309 bits per heavy atom. The number of nitrogens with zero attached hydrogens (tertiary/aromatic N) is 2. The highest BCUT2D eigenvalue weighted by Crippen LogP contribution is 2.59. The molecule has 0 spiro atoms. The first-order chi connectivity index (χ1) is 26.5. The van der Waals surface area contributed by atoms with E-state index in [-0.39, 0.29) is 4.66 Å². The van der Waals surface area contributed by atoms with Crippen LogP contribution >= 0.6 is 0 Å². The fourth-order valence-corrected chi connectivity index (χ4v) is 23.1. The topological polar surface area (TPSA) is 6.48 Å². The van der Waals surface area contributed by atoms with Crippen molar-refractivity contribution in [3.63, 3.8) is 0 Å². The molecular weight excluding hydrogens is 697 g/mol. The lowest BCUT2D eigenvalue weighted by atomic mass is 9.98. The van der Waals surface area contributed by atoms with Crippen molar-refractivity contribution >= 4 is 71.8 Å². The maximum absolute atomic E-state index is 2.62. The lowest BCUT2D eigenvalue weighted by Crippen LogP contribution is -2.63. The second-order valence-corrected chi connectivity index (χ2v) is 28.1. The van der Waals surface area contributed by atoms with Crippen molar-refractivity contribution in [2.45, 2.75) is 43.9 Å². The molecule has 0 saturated carbocycles. The monoisotopic (exact) mass is 744 g/mol. The lowest BCUT2D eigenvalue weighted by molar-refractivity contribution is 0.956. The van der Waals surface area contributed by atoms with Crippen molar-refractivity contribution in [2.24, 2.45) is 0 Å². The summed E-state index contributed by atoms with van der Waals surface area (Å²) in [5.41, 5.74) is 12.9. The lowest BCUT2D eigenvalue weighted by Gasteiger charge is -2.51. The summed E-state index contributed by atoms with van der Waals surface area (Å²) < 4.78 is 0.0101. The first kappa shape index (κ1) is 35.0. The van der Waals surface area contributed by atoms with Crippen LogP contribution in [0.1, 0.15) is 11.1 Å². The van der Waals surface area contributed by atoms with Crippen molar-refractivity contribution in [2.75, 3.05) is 9.80 Å². The summed E-state index contributed by atoms with van der Waals surface area (Å²) in [6, 6.07) is 67.3. The molecule has 0 saturated heterocycles. The summed E-state index contributed by atoms with van der Waals surface area (Å²) in [7, 11) is -3.86. The van der Waals surface area contributed by atoms with E-state index in [0.717, 1.165) is 22.7 Å². The van der Waals surface area contributed by atoms with Crippen LogP contribution in [0.15, 0.2) is 182 Å². The maximum atomic E-state index is 2.62. The van der Waals surface area contributed by atoms with Crippen LogP contribution in [0.3, 0.4) is 0 Å². The zero-order valence-corrected chi connectivity index (χ0v) is 34.7. The highest BCUT2D eigenvalue weighted by atomic mass is 28.4. The van der Waals surface area contributed by atoms with Gasteiger partial charge in [-0.1, -0.05) is 136 Å². The van der Waals surface area contributed by atoms with Crippen molar-refractivity contribution in [3.8, 4) is 11.1 Å². The molecule has 0 heterocycles. The van der Waals surface area contributed by atoms with Gasteiger partial charge < -0.3 is 9.80 Å². The molecule has 270 valence electrons. The molecule has 0 aromatic heterocycles. The molecule has 0 amide bonds. The summed E-state index contributed by atoms with van der Waals surface area (Å²) in [5, 5.41) is 5.17. The van der Waals surface area contributed by atoms with Crippen LogP contribution in [0.25, 0.3) is 32.7 Å². The Hall–Kier alpha value is -5.69. The van der Waals surface area contributed by atoms with Crippen molar-refractivity contribution in [3.05, 3.63) is 193 Å². The van der Waals surface area contributed by atoms with E-state index in [2.05, 4.69) is 231 Å². The Morgan fingerprint density at radius 3 is 0.909 bits per heavy atom. The molecule has 0 N–H and O–H groups in total. The molecule has 0 radical (unpaired) electrons. The number of anilines is 6. The fourth-order valence-electron chi connectivity index (χ4n) is 10.0. The second kappa shape index (κ2) is 13.3. The molecular formula is C51H48N2Si2. The van der Waals surface area contributed by atoms with Crippen molar-refractivity contribution < 1.29 is 0 Å². The minimum Gasteiger partial charge on any atom is -0.310 e. The Morgan fingerprint density at radius 2 is 0.618 bits per heavy atom. The molecule has 0 atom stereocenters. The van der Waals surface area contributed by atoms with E-state index < -0.39 is 16.1 Å². The van der Waals surface area contributed by atoms with Crippen LogP contribution in [-0.4, -0.2) is 16.1 Å². The third kappa shape index (κ3) is 5.74. The number of hydrogen-bond acceptors (Lipinski definition) is 2. The minimum atomic E-state index is -1.93. The van der Waals surface area contributed by atoms with Gasteiger partial charge in [0.05, 0.1) is 16.1 Å². The van der Waals surface area contributed by atoms with Gasteiger partial charge in [-0.25, -0.2) is 0 Å². The summed E-state index contributed by atoms with van der Waals surface area (Å²) in [4.78, 5) is 4.76. The molecule has 2 nitrogen and oxygen atoms in total. The van der Waals surface area contributed by atoms with Gasteiger partial charge in [-0.15, -0.1) is 0 Å². The van der Waals surface area contributed by atoms with Gasteiger partial charge in [0.2, 0.25) is 0 Å². The predicted octanol–water partition coefficient (Wildman–Crippen LogP) is 15.0. The van der Waals surface area contributed by atoms with E-state index in [1.54, 1.807) is 11.1 Å². The molecule has 0 unspecified atom stereocenters. The van der Waals surface area contributed by atoms with Crippen LogP contribution < -0.4 is 9.80 Å². The van der Waals surface area contributed by atoms with Crippen LogP contribution in [0, 0.1) is 0 Å². The molecule has 4 heteroatoms. The fraction of sp³-hybridized carbons (Fsp3) is 0.137. The smallest absolute Gasteiger partial charge is 0.0579 e. The van der Waals surface area contributed by atoms with Gasteiger partial charge in [0, 0.05) is 38.8 Å². The predicted molar refractivity (Wildman–Crippen MR) is 244 cm³/mol. The first-order valence-corrected chi connectivity index (χ1v) is 26.5. The van der Waals surface area contributed by atoms with Crippen LogP contribution in [0.4, 0.5) is 34.1 Å². The molecule has 1 aliphatic carbocycles. The van der Waals surface area contributed by atoms with E-state index in [1.165, 1.54) is 44.0 Å². The van der Waals surface area contributed by atoms with Crippen molar-refractivity contribution in [1.82, 2.24) is 0 Å². The number of fused-ring (bicyclic) bond motifs is 5. The number of benzene rings is 8. The zero-order valence-electron chi connectivity index (χ0n) is 32.7. The second-order valence-electron chi connectivity index (χ2n) is 17.1. The van der Waals surface area contributed by atoms with Crippen LogP contribution in [0.5, 0.6) is 0 Å². The third-order valence-electron chi connectivity index (χ3n) is 11.8. The number of para-hydroxylation sites is 4. The van der Waals surface area contributed by atoms with Gasteiger partial charge in [-0.05, 0) is 129 Å². The van der Waals surface area contributed by atoms with Crippen molar-refractivity contribution in [1.29, 1.82) is 0 Å². The molecule has 55 heavy (non-hydrogen) atoms. The normalized spacial score (nSPS) is 13.4. The van der Waals surface area contributed by atoms with Gasteiger partial charge in [0.15, 0.2) is 0 Å². The Bertz CT molecular complexity index is 2390.